The number of methoxy groups -OCH3 is 1. The molecule has 2 aliphatic rings. The Morgan fingerprint density at radius 2 is 1.69 bits per heavy atom. The van der Waals surface area contributed by atoms with Crippen LogP contribution in [0.5, 0.6) is 11.5 Å². The average Bonchev–Trinajstić information content (AvgIpc) is 2.90. The zero-order valence-corrected chi connectivity index (χ0v) is 19.5. The number of phenols is 1. The number of rotatable bonds is 5. The molecule has 0 saturated carbocycles. The molecule has 0 aromatic heterocycles. The summed E-state index contributed by atoms with van der Waals surface area (Å²) in [5, 5.41) is 11.1. The van der Waals surface area contributed by atoms with Gasteiger partial charge in [-0.1, -0.05) is 85.5 Å². The first kappa shape index (κ1) is 22.6. The summed E-state index contributed by atoms with van der Waals surface area (Å²) in [5.41, 5.74) is 2.06. The van der Waals surface area contributed by atoms with Gasteiger partial charge >= 0.3 is 0 Å². The Morgan fingerprint density at radius 3 is 2.31 bits per heavy atom. The molecule has 0 bridgehead atoms. The number of benzene rings is 3. The number of aromatic hydroxyl groups is 1. The molecule has 174 valence electrons. The SMILES string of the molecule is C=CC1=CCC2C(=O)C(c3ccccc3)=CC(=O)C2(c2ccccc2)C1c1ccc(OC)cc1O. The molecule has 0 spiro atoms. The van der Waals surface area contributed by atoms with E-state index in [1.54, 1.807) is 24.3 Å². The molecule has 3 atom stereocenters. The van der Waals surface area contributed by atoms with Gasteiger partial charge in [0.15, 0.2) is 11.6 Å². The summed E-state index contributed by atoms with van der Waals surface area (Å²) in [6.07, 6.45) is 5.61. The van der Waals surface area contributed by atoms with Crippen molar-refractivity contribution >= 4 is 17.1 Å². The Balaban J connectivity index is 1.81. The fraction of sp³-hybridized carbons (Fsp3) is 0.161. The largest absolute Gasteiger partial charge is 0.508 e. The normalized spacial score (nSPS) is 23.7. The number of ketones is 2. The summed E-state index contributed by atoms with van der Waals surface area (Å²) in [5.74, 6) is -0.938. The lowest BCUT2D eigenvalue weighted by atomic mass is 9.50. The zero-order chi connectivity index (χ0) is 24.6. The number of ether oxygens (including phenoxy) is 1. The predicted octanol–water partition coefficient (Wildman–Crippen LogP) is 5.79. The topological polar surface area (TPSA) is 63.6 Å². The Kier molecular flexibility index (Phi) is 5.73. The highest BCUT2D eigenvalue weighted by Gasteiger charge is 2.59. The van der Waals surface area contributed by atoms with Gasteiger partial charge < -0.3 is 9.84 Å². The van der Waals surface area contributed by atoms with Gasteiger partial charge in [-0.25, -0.2) is 0 Å². The monoisotopic (exact) mass is 462 g/mol. The van der Waals surface area contributed by atoms with Crippen LogP contribution in [0.15, 0.2) is 109 Å². The fourth-order valence-corrected chi connectivity index (χ4v) is 5.75. The second-order valence-corrected chi connectivity index (χ2v) is 8.94. The van der Waals surface area contributed by atoms with E-state index in [1.165, 1.54) is 13.2 Å². The van der Waals surface area contributed by atoms with Gasteiger partial charge in [0.25, 0.3) is 0 Å². The minimum atomic E-state index is -1.22. The second-order valence-electron chi connectivity index (χ2n) is 8.94. The quantitative estimate of drug-likeness (QED) is 0.521. The van der Waals surface area contributed by atoms with Crippen molar-refractivity contribution in [2.45, 2.75) is 17.8 Å². The standard InChI is InChI=1S/C31H26O4/c1-3-20-14-17-26-30(34)25(21-10-6-4-7-11-21)19-28(33)31(26,22-12-8-5-9-13-22)29(20)24-16-15-23(35-2)18-27(24)32/h3-16,18-19,26,29,32H,1,17H2,2H3. The molecule has 4 nitrogen and oxygen atoms in total. The van der Waals surface area contributed by atoms with Crippen molar-refractivity contribution in [2.75, 3.05) is 7.11 Å². The molecule has 0 amide bonds. The highest BCUT2D eigenvalue weighted by Crippen LogP contribution is 2.58. The lowest BCUT2D eigenvalue weighted by Crippen LogP contribution is -2.54. The van der Waals surface area contributed by atoms with Crippen molar-refractivity contribution in [3.63, 3.8) is 0 Å². The Bertz CT molecular complexity index is 1370. The predicted molar refractivity (Wildman–Crippen MR) is 136 cm³/mol. The zero-order valence-electron chi connectivity index (χ0n) is 19.5. The van der Waals surface area contributed by atoms with Crippen molar-refractivity contribution in [3.05, 3.63) is 126 Å². The molecule has 0 fully saturated rings. The second kappa shape index (κ2) is 8.88. The van der Waals surface area contributed by atoms with Gasteiger partial charge in [-0.3, -0.25) is 9.59 Å². The molecule has 4 heteroatoms. The first-order valence-electron chi connectivity index (χ1n) is 11.6. The molecule has 3 unspecified atom stereocenters. The van der Waals surface area contributed by atoms with E-state index < -0.39 is 17.3 Å². The summed E-state index contributed by atoms with van der Waals surface area (Å²) in [7, 11) is 1.53. The van der Waals surface area contributed by atoms with Gasteiger partial charge in [-0.05, 0) is 35.3 Å². The lowest BCUT2D eigenvalue weighted by Gasteiger charge is -2.49. The maximum atomic E-state index is 14.4. The van der Waals surface area contributed by atoms with Crippen molar-refractivity contribution < 1.29 is 19.4 Å². The molecule has 0 heterocycles. The summed E-state index contributed by atoms with van der Waals surface area (Å²) < 4.78 is 5.28. The molecular weight excluding hydrogens is 436 g/mol. The van der Waals surface area contributed by atoms with Crippen molar-refractivity contribution in [2.24, 2.45) is 5.92 Å². The number of carbonyl (C=O) groups is 2. The number of carbonyl (C=O) groups excluding carboxylic acids is 2. The van der Waals surface area contributed by atoms with Crippen LogP contribution in [-0.2, 0) is 15.0 Å². The third kappa shape index (κ3) is 3.45. The van der Waals surface area contributed by atoms with Crippen LogP contribution in [0, 0.1) is 5.92 Å². The van der Waals surface area contributed by atoms with Crippen LogP contribution < -0.4 is 4.74 Å². The highest BCUT2D eigenvalue weighted by atomic mass is 16.5. The summed E-state index contributed by atoms with van der Waals surface area (Å²) in [6, 6.07) is 23.9. The van der Waals surface area contributed by atoms with Gasteiger partial charge in [0.05, 0.1) is 12.5 Å². The van der Waals surface area contributed by atoms with Gasteiger partial charge in [-0.15, -0.1) is 0 Å². The van der Waals surface area contributed by atoms with Gasteiger partial charge in [-0.2, -0.15) is 0 Å². The van der Waals surface area contributed by atoms with Crippen LogP contribution in [0.25, 0.3) is 5.57 Å². The molecular formula is C31H26O4. The molecule has 3 aromatic rings. The molecule has 3 aromatic carbocycles. The number of fused-ring (bicyclic) bond motifs is 1. The lowest BCUT2D eigenvalue weighted by molar-refractivity contribution is -0.131. The number of allylic oxidation sites excluding steroid dienone is 5. The van der Waals surface area contributed by atoms with Crippen LogP contribution in [0.4, 0.5) is 0 Å². The van der Waals surface area contributed by atoms with Crippen LogP contribution in [0.1, 0.15) is 29.0 Å². The van der Waals surface area contributed by atoms with E-state index in [0.29, 0.717) is 23.3 Å². The Labute approximate surface area is 204 Å². The highest BCUT2D eigenvalue weighted by molar-refractivity contribution is 6.31. The van der Waals surface area contributed by atoms with E-state index in [9.17, 15) is 14.7 Å². The summed E-state index contributed by atoms with van der Waals surface area (Å²) in [4.78, 5) is 28.4. The van der Waals surface area contributed by atoms with Gasteiger partial charge in [0.1, 0.15) is 11.5 Å². The van der Waals surface area contributed by atoms with Crippen molar-refractivity contribution in [1.82, 2.24) is 0 Å². The van der Waals surface area contributed by atoms with E-state index in [2.05, 4.69) is 6.58 Å². The average molecular weight is 463 g/mol. The summed E-state index contributed by atoms with van der Waals surface area (Å²) >= 11 is 0. The third-order valence-corrected chi connectivity index (χ3v) is 7.31. The van der Waals surface area contributed by atoms with E-state index >= 15 is 0 Å². The van der Waals surface area contributed by atoms with Gasteiger partial charge in [0.2, 0.25) is 0 Å². The fourth-order valence-electron chi connectivity index (χ4n) is 5.75. The number of hydrogen-bond acceptors (Lipinski definition) is 4. The minimum absolute atomic E-state index is 0.0103. The number of Topliss-reactive ketones (excluding diaryl/α,β-unsaturated/α-hetero) is 1. The summed E-state index contributed by atoms with van der Waals surface area (Å²) in [6.45, 7) is 4.01. The molecule has 1 N–H and O–H groups in total. The molecule has 35 heavy (non-hydrogen) atoms. The minimum Gasteiger partial charge on any atom is -0.508 e. The smallest absolute Gasteiger partial charge is 0.168 e. The van der Waals surface area contributed by atoms with E-state index in [1.807, 2.05) is 66.7 Å². The maximum Gasteiger partial charge on any atom is 0.168 e. The first-order valence-corrected chi connectivity index (χ1v) is 11.6. The molecule has 0 aliphatic heterocycles. The Hall–Kier alpha value is -4.18. The molecule has 0 radical (unpaired) electrons. The van der Waals surface area contributed by atoms with E-state index in [-0.39, 0.29) is 17.3 Å². The van der Waals surface area contributed by atoms with Crippen LogP contribution in [0.2, 0.25) is 0 Å². The molecule has 5 rings (SSSR count). The number of hydrogen-bond donors (Lipinski definition) is 1. The van der Waals surface area contributed by atoms with Crippen molar-refractivity contribution in [3.8, 4) is 11.5 Å². The molecule has 2 aliphatic carbocycles. The molecule has 0 saturated heterocycles. The first-order chi connectivity index (χ1) is 17.0. The van der Waals surface area contributed by atoms with Gasteiger partial charge in [0, 0.05) is 29.0 Å². The van der Waals surface area contributed by atoms with Crippen molar-refractivity contribution in [1.29, 1.82) is 0 Å². The van der Waals surface area contributed by atoms with E-state index in [0.717, 1.165) is 16.7 Å². The van der Waals surface area contributed by atoms with Crippen LogP contribution in [0.3, 0.4) is 0 Å². The van der Waals surface area contributed by atoms with Crippen LogP contribution in [-0.4, -0.2) is 23.8 Å². The van der Waals surface area contributed by atoms with Crippen LogP contribution >= 0.6 is 0 Å². The van der Waals surface area contributed by atoms with E-state index in [4.69, 9.17) is 4.74 Å². The third-order valence-electron chi connectivity index (χ3n) is 7.31. The number of phenolic OH excluding ortho intramolecular Hbond substituents is 1. The Morgan fingerprint density at radius 1 is 1.00 bits per heavy atom. The maximum absolute atomic E-state index is 14.4.